The summed E-state index contributed by atoms with van der Waals surface area (Å²) >= 11 is 0. The van der Waals surface area contributed by atoms with Gasteiger partial charge in [-0.15, -0.1) is 0 Å². The molecule has 0 aliphatic carbocycles. The molecule has 0 radical (unpaired) electrons. The number of benzene rings is 1. The molecule has 3 nitrogen and oxygen atoms in total. The van der Waals surface area contributed by atoms with Gasteiger partial charge in [0.2, 0.25) is 0 Å². The summed E-state index contributed by atoms with van der Waals surface area (Å²) in [6, 6.07) is 8.14. The topological polar surface area (TPSA) is 36.1 Å². The van der Waals surface area contributed by atoms with Crippen LogP contribution in [-0.4, -0.2) is 28.9 Å². The number of H-pyrrole nitrogens is 1. The molecule has 1 amide bonds. The van der Waals surface area contributed by atoms with E-state index >= 15 is 0 Å². The molecule has 0 atom stereocenters. The van der Waals surface area contributed by atoms with Crippen molar-refractivity contribution in [3.63, 3.8) is 0 Å². The molecule has 2 aromatic rings. The van der Waals surface area contributed by atoms with Gasteiger partial charge in [-0.2, -0.15) is 0 Å². The molecule has 1 aliphatic heterocycles. The van der Waals surface area contributed by atoms with Crippen molar-refractivity contribution in [2.45, 2.75) is 19.8 Å². The van der Waals surface area contributed by atoms with E-state index in [-0.39, 0.29) is 11.7 Å². The van der Waals surface area contributed by atoms with Crippen LogP contribution in [0.15, 0.2) is 30.3 Å². The molecule has 1 aliphatic rings. The Labute approximate surface area is 117 Å². The minimum Gasteiger partial charge on any atom is -0.358 e. The molecule has 2 heterocycles. The molecule has 1 aromatic carbocycles. The molecule has 104 valence electrons. The van der Waals surface area contributed by atoms with Crippen LogP contribution in [0.2, 0.25) is 0 Å². The number of aromatic amines is 1. The first-order valence-corrected chi connectivity index (χ1v) is 6.90. The summed E-state index contributed by atoms with van der Waals surface area (Å²) in [5.74, 6) is -0.171. The van der Waals surface area contributed by atoms with Crippen LogP contribution in [0.25, 0.3) is 11.3 Å². The fraction of sp³-hybridized carbons (Fsp3) is 0.312. The summed E-state index contributed by atoms with van der Waals surface area (Å²) in [5.41, 5.74) is 3.31. The average molecular weight is 272 g/mol. The second-order valence-electron chi connectivity index (χ2n) is 5.23. The standard InChI is InChI=1S/C16H17FN2O/c1-11-14(16(20)19-8-2-3-9-19)10-15(18-11)12-4-6-13(17)7-5-12/h4-7,10,18H,2-3,8-9H2,1H3. The first-order valence-electron chi connectivity index (χ1n) is 6.90. The molecule has 0 spiro atoms. The molecule has 1 N–H and O–H groups in total. The predicted octanol–water partition coefficient (Wildman–Crippen LogP) is 3.37. The molecule has 1 aromatic heterocycles. The molecule has 20 heavy (non-hydrogen) atoms. The van der Waals surface area contributed by atoms with E-state index in [1.54, 1.807) is 12.1 Å². The number of likely N-dealkylation sites (tertiary alicyclic amines) is 1. The maximum Gasteiger partial charge on any atom is 0.255 e. The summed E-state index contributed by atoms with van der Waals surface area (Å²) < 4.78 is 12.9. The lowest BCUT2D eigenvalue weighted by molar-refractivity contribution is 0.0792. The molecule has 1 saturated heterocycles. The summed E-state index contributed by atoms with van der Waals surface area (Å²) in [4.78, 5) is 17.5. The Bertz CT molecular complexity index is 624. The second kappa shape index (κ2) is 5.12. The summed E-state index contributed by atoms with van der Waals surface area (Å²) in [6.07, 6.45) is 2.17. The van der Waals surface area contributed by atoms with Gasteiger partial charge in [0.1, 0.15) is 5.82 Å². The molecule has 0 unspecified atom stereocenters. The van der Waals surface area contributed by atoms with Gasteiger partial charge < -0.3 is 9.88 Å². The highest BCUT2D eigenvalue weighted by atomic mass is 19.1. The van der Waals surface area contributed by atoms with Gasteiger partial charge in [0.15, 0.2) is 0 Å². The Balaban J connectivity index is 1.90. The van der Waals surface area contributed by atoms with Gasteiger partial charge in [0.25, 0.3) is 5.91 Å². The monoisotopic (exact) mass is 272 g/mol. The number of carbonyl (C=O) groups is 1. The van der Waals surface area contributed by atoms with Gasteiger partial charge in [0, 0.05) is 24.5 Å². The number of hydrogen-bond donors (Lipinski definition) is 1. The summed E-state index contributed by atoms with van der Waals surface area (Å²) in [6.45, 7) is 3.58. The van der Waals surface area contributed by atoms with E-state index < -0.39 is 0 Å². The van der Waals surface area contributed by atoms with Crippen molar-refractivity contribution < 1.29 is 9.18 Å². The molecule has 1 fully saturated rings. The van der Waals surface area contributed by atoms with Crippen molar-refractivity contribution in [2.75, 3.05) is 13.1 Å². The zero-order chi connectivity index (χ0) is 14.1. The quantitative estimate of drug-likeness (QED) is 0.894. The summed E-state index contributed by atoms with van der Waals surface area (Å²) in [5, 5.41) is 0. The first kappa shape index (κ1) is 12.9. The molecule has 0 saturated carbocycles. The van der Waals surface area contributed by atoms with Crippen molar-refractivity contribution >= 4 is 5.91 Å². The SMILES string of the molecule is Cc1[nH]c(-c2ccc(F)cc2)cc1C(=O)N1CCCC1. The van der Waals surface area contributed by atoms with Crippen LogP contribution < -0.4 is 0 Å². The first-order chi connectivity index (χ1) is 9.65. The maximum atomic E-state index is 12.9. The molecular formula is C16H17FN2O. The Morgan fingerprint density at radius 1 is 1.20 bits per heavy atom. The van der Waals surface area contributed by atoms with E-state index in [0.717, 1.165) is 42.9 Å². The number of halogens is 1. The number of aryl methyl sites for hydroxylation is 1. The van der Waals surface area contributed by atoms with Crippen molar-refractivity contribution in [3.8, 4) is 11.3 Å². The molecule has 4 heteroatoms. The Kier molecular flexibility index (Phi) is 3.30. The van der Waals surface area contributed by atoms with E-state index in [1.807, 2.05) is 17.9 Å². The van der Waals surface area contributed by atoms with Gasteiger partial charge in [-0.3, -0.25) is 4.79 Å². The van der Waals surface area contributed by atoms with Gasteiger partial charge in [-0.1, -0.05) is 0 Å². The van der Waals surface area contributed by atoms with Gasteiger partial charge in [-0.05, 0) is 55.7 Å². The van der Waals surface area contributed by atoms with E-state index in [2.05, 4.69) is 4.98 Å². The van der Waals surface area contributed by atoms with Crippen LogP contribution in [-0.2, 0) is 0 Å². The number of hydrogen-bond acceptors (Lipinski definition) is 1. The van der Waals surface area contributed by atoms with Crippen LogP contribution in [0.4, 0.5) is 4.39 Å². The Morgan fingerprint density at radius 3 is 2.50 bits per heavy atom. The maximum absolute atomic E-state index is 12.9. The number of carbonyl (C=O) groups excluding carboxylic acids is 1. The Hall–Kier alpha value is -2.10. The number of nitrogens with one attached hydrogen (secondary N) is 1. The lowest BCUT2D eigenvalue weighted by Gasteiger charge is -2.14. The van der Waals surface area contributed by atoms with Crippen LogP contribution in [0, 0.1) is 12.7 Å². The third-order valence-electron chi connectivity index (χ3n) is 3.79. The third-order valence-corrected chi connectivity index (χ3v) is 3.79. The smallest absolute Gasteiger partial charge is 0.255 e. The highest BCUT2D eigenvalue weighted by Crippen LogP contribution is 2.24. The molecule has 0 bridgehead atoms. The second-order valence-corrected chi connectivity index (χ2v) is 5.23. The Morgan fingerprint density at radius 2 is 1.85 bits per heavy atom. The van der Waals surface area contributed by atoms with E-state index in [4.69, 9.17) is 0 Å². The molecular weight excluding hydrogens is 255 g/mol. The number of nitrogens with zero attached hydrogens (tertiary/aromatic N) is 1. The third kappa shape index (κ3) is 2.33. The minimum atomic E-state index is -0.259. The lowest BCUT2D eigenvalue weighted by Crippen LogP contribution is -2.27. The summed E-state index contributed by atoms with van der Waals surface area (Å²) in [7, 11) is 0. The van der Waals surface area contributed by atoms with E-state index in [1.165, 1.54) is 12.1 Å². The zero-order valence-electron chi connectivity index (χ0n) is 11.4. The lowest BCUT2D eigenvalue weighted by atomic mass is 10.1. The largest absolute Gasteiger partial charge is 0.358 e. The zero-order valence-corrected chi connectivity index (χ0v) is 11.4. The minimum absolute atomic E-state index is 0.0876. The van der Waals surface area contributed by atoms with Crippen molar-refractivity contribution in [1.82, 2.24) is 9.88 Å². The van der Waals surface area contributed by atoms with Gasteiger partial charge in [-0.25, -0.2) is 4.39 Å². The fourth-order valence-corrected chi connectivity index (χ4v) is 2.66. The van der Waals surface area contributed by atoms with Crippen LogP contribution >= 0.6 is 0 Å². The van der Waals surface area contributed by atoms with E-state index in [0.29, 0.717) is 5.56 Å². The normalized spacial score (nSPS) is 14.8. The fourth-order valence-electron chi connectivity index (χ4n) is 2.66. The van der Waals surface area contributed by atoms with Gasteiger partial charge >= 0.3 is 0 Å². The predicted molar refractivity (Wildman–Crippen MR) is 76.1 cm³/mol. The highest BCUT2D eigenvalue weighted by Gasteiger charge is 2.22. The van der Waals surface area contributed by atoms with Crippen molar-refractivity contribution in [1.29, 1.82) is 0 Å². The average Bonchev–Trinajstić information content (AvgIpc) is 3.08. The van der Waals surface area contributed by atoms with Crippen LogP contribution in [0.3, 0.4) is 0 Å². The van der Waals surface area contributed by atoms with Crippen LogP contribution in [0.5, 0.6) is 0 Å². The van der Waals surface area contributed by atoms with Gasteiger partial charge in [0.05, 0.1) is 5.56 Å². The number of rotatable bonds is 2. The number of amides is 1. The van der Waals surface area contributed by atoms with Crippen molar-refractivity contribution in [2.24, 2.45) is 0 Å². The highest BCUT2D eigenvalue weighted by molar-refractivity contribution is 5.97. The van der Waals surface area contributed by atoms with E-state index in [9.17, 15) is 9.18 Å². The van der Waals surface area contributed by atoms with Crippen LogP contribution in [0.1, 0.15) is 28.9 Å². The molecule has 3 rings (SSSR count). The number of aromatic nitrogens is 1. The van der Waals surface area contributed by atoms with Crippen molar-refractivity contribution in [3.05, 3.63) is 47.4 Å².